The van der Waals surface area contributed by atoms with Crippen molar-refractivity contribution in [1.82, 2.24) is 0 Å². The van der Waals surface area contributed by atoms with E-state index in [1.165, 1.54) is 43.8 Å². The van der Waals surface area contributed by atoms with Crippen molar-refractivity contribution < 1.29 is 9.47 Å². The molecular formula is C26H24O2S2. The number of fused-ring (bicyclic) bond motifs is 8. The summed E-state index contributed by atoms with van der Waals surface area (Å²) in [5.41, 5.74) is 5.15. The Hall–Kier alpha value is -2.30. The molecule has 0 unspecified atom stereocenters. The van der Waals surface area contributed by atoms with Crippen molar-refractivity contribution in [2.45, 2.75) is 23.0 Å². The number of benzene rings is 4. The molecule has 2 nitrogen and oxygen atoms in total. The van der Waals surface area contributed by atoms with Gasteiger partial charge in [-0.3, -0.25) is 0 Å². The molecule has 0 atom stereocenters. The normalized spacial score (nSPS) is 14.2. The number of methoxy groups -OCH3 is 2. The van der Waals surface area contributed by atoms with Gasteiger partial charge in [-0.15, -0.1) is 0 Å². The van der Waals surface area contributed by atoms with E-state index in [1.807, 2.05) is 23.5 Å². The molecule has 4 heteroatoms. The Morgan fingerprint density at radius 3 is 1.47 bits per heavy atom. The monoisotopic (exact) mass is 432 g/mol. The van der Waals surface area contributed by atoms with E-state index in [4.69, 9.17) is 9.47 Å². The predicted octanol–water partition coefficient (Wildman–Crippen LogP) is 7.19. The summed E-state index contributed by atoms with van der Waals surface area (Å²) in [6.45, 7) is 0. The molecule has 0 spiro atoms. The van der Waals surface area contributed by atoms with Crippen molar-refractivity contribution in [2.24, 2.45) is 0 Å². The molecule has 0 aromatic heterocycles. The summed E-state index contributed by atoms with van der Waals surface area (Å²) in [6.07, 6.45) is 0. The van der Waals surface area contributed by atoms with Crippen molar-refractivity contribution in [3.63, 3.8) is 0 Å². The van der Waals surface area contributed by atoms with Gasteiger partial charge in [0.15, 0.2) is 0 Å². The summed E-state index contributed by atoms with van der Waals surface area (Å²) in [5, 5.41) is 5.17. The Kier molecular flexibility index (Phi) is 5.53. The van der Waals surface area contributed by atoms with Crippen LogP contribution in [0.1, 0.15) is 22.3 Å². The van der Waals surface area contributed by atoms with Crippen molar-refractivity contribution in [2.75, 3.05) is 14.2 Å². The minimum Gasteiger partial charge on any atom is -0.496 e. The van der Waals surface area contributed by atoms with Gasteiger partial charge >= 0.3 is 0 Å². The number of hydrogen-bond acceptors (Lipinski definition) is 4. The summed E-state index contributed by atoms with van der Waals surface area (Å²) in [6, 6.07) is 21.9. The average molecular weight is 433 g/mol. The molecule has 0 radical (unpaired) electrons. The molecule has 1 aliphatic heterocycles. The lowest BCUT2D eigenvalue weighted by Gasteiger charge is -2.20. The van der Waals surface area contributed by atoms with Crippen molar-refractivity contribution in [3.05, 3.63) is 82.9 Å². The van der Waals surface area contributed by atoms with Gasteiger partial charge in [0.1, 0.15) is 11.5 Å². The van der Waals surface area contributed by atoms with Gasteiger partial charge in [0.05, 0.1) is 14.2 Å². The summed E-state index contributed by atoms with van der Waals surface area (Å²) >= 11 is 3.85. The first-order valence-corrected chi connectivity index (χ1v) is 12.4. The molecular weight excluding hydrogens is 408 g/mol. The third kappa shape index (κ3) is 3.42. The van der Waals surface area contributed by atoms with Crippen LogP contribution in [0.3, 0.4) is 0 Å². The average Bonchev–Trinajstić information content (AvgIpc) is 2.78. The van der Waals surface area contributed by atoms with Crippen LogP contribution in [0.15, 0.2) is 60.7 Å². The van der Waals surface area contributed by atoms with Gasteiger partial charge in [0.25, 0.3) is 0 Å². The topological polar surface area (TPSA) is 18.5 Å². The third-order valence-electron chi connectivity index (χ3n) is 5.78. The molecule has 1 heterocycles. The standard InChI is InChI=1S/C26H24O2S2/c1-27-25-19-11-17-7-3-5-9-21(17)23(25)15-30-14-20-12-18-8-4-6-10-22(18)24(16-29-13-19)26(20)28-2/h3-12H,13-16H2,1-2H3. The molecule has 0 saturated heterocycles. The minimum absolute atomic E-state index is 0.910. The summed E-state index contributed by atoms with van der Waals surface area (Å²) in [5.74, 6) is 5.74. The quantitative estimate of drug-likeness (QED) is 0.333. The molecule has 4 bridgehead atoms. The molecule has 0 amide bonds. The van der Waals surface area contributed by atoms with Crippen LogP contribution >= 0.6 is 23.5 Å². The fourth-order valence-corrected chi connectivity index (χ4v) is 6.52. The maximum absolute atomic E-state index is 5.94. The first kappa shape index (κ1) is 19.7. The van der Waals surface area contributed by atoms with E-state index in [0.29, 0.717) is 0 Å². The Morgan fingerprint density at radius 2 is 1.03 bits per heavy atom. The summed E-state index contributed by atoms with van der Waals surface area (Å²) in [7, 11) is 3.61. The zero-order valence-electron chi connectivity index (χ0n) is 17.2. The van der Waals surface area contributed by atoms with Crippen LogP contribution < -0.4 is 9.47 Å². The molecule has 0 fully saturated rings. The van der Waals surface area contributed by atoms with Crippen LogP contribution in [0, 0.1) is 0 Å². The van der Waals surface area contributed by atoms with Crippen LogP contribution in [-0.4, -0.2) is 14.2 Å². The third-order valence-corrected chi connectivity index (χ3v) is 7.79. The number of hydrogen-bond donors (Lipinski definition) is 0. The van der Waals surface area contributed by atoms with Gasteiger partial charge in [-0.1, -0.05) is 48.5 Å². The minimum atomic E-state index is 0.910. The largest absolute Gasteiger partial charge is 0.496 e. The molecule has 4 aromatic rings. The Bertz CT molecular complexity index is 1140. The maximum atomic E-state index is 5.94. The number of rotatable bonds is 2. The van der Waals surface area contributed by atoms with E-state index < -0.39 is 0 Å². The molecule has 0 saturated carbocycles. The first-order chi connectivity index (χ1) is 14.8. The predicted molar refractivity (Wildman–Crippen MR) is 131 cm³/mol. The first-order valence-electron chi connectivity index (χ1n) is 10.1. The molecule has 0 N–H and O–H groups in total. The van der Waals surface area contributed by atoms with Crippen molar-refractivity contribution in [1.29, 1.82) is 0 Å². The van der Waals surface area contributed by atoms with E-state index in [1.54, 1.807) is 14.2 Å². The molecule has 5 rings (SSSR count). The molecule has 30 heavy (non-hydrogen) atoms. The Morgan fingerprint density at radius 1 is 0.600 bits per heavy atom. The van der Waals surface area contributed by atoms with E-state index in [0.717, 1.165) is 34.5 Å². The van der Waals surface area contributed by atoms with Crippen LogP contribution in [0.4, 0.5) is 0 Å². The lowest BCUT2D eigenvalue weighted by atomic mass is 10.0. The van der Waals surface area contributed by atoms with Gasteiger partial charge in [0, 0.05) is 45.3 Å². The second kappa shape index (κ2) is 8.44. The molecule has 152 valence electrons. The van der Waals surface area contributed by atoms with Crippen LogP contribution in [-0.2, 0) is 23.0 Å². The fourth-order valence-electron chi connectivity index (χ4n) is 4.47. The number of thioether (sulfide) groups is 2. The lowest BCUT2D eigenvalue weighted by molar-refractivity contribution is 0.408. The summed E-state index contributed by atoms with van der Waals surface area (Å²) in [4.78, 5) is 0. The van der Waals surface area contributed by atoms with Gasteiger partial charge in [-0.25, -0.2) is 0 Å². The van der Waals surface area contributed by atoms with E-state index in [2.05, 4.69) is 60.7 Å². The Balaban J connectivity index is 1.65. The zero-order valence-corrected chi connectivity index (χ0v) is 18.9. The second-order valence-corrected chi connectivity index (χ2v) is 9.49. The highest BCUT2D eigenvalue weighted by atomic mass is 32.2. The van der Waals surface area contributed by atoms with Gasteiger partial charge in [0.2, 0.25) is 0 Å². The summed E-state index contributed by atoms with van der Waals surface area (Å²) < 4.78 is 11.9. The van der Waals surface area contributed by atoms with E-state index in [9.17, 15) is 0 Å². The lowest BCUT2D eigenvalue weighted by Crippen LogP contribution is -2.02. The van der Waals surface area contributed by atoms with Crippen LogP contribution in [0.2, 0.25) is 0 Å². The van der Waals surface area contributed by atoms with Gasteiger partial charge < -0.3 is 9.47 Å². The SMILES string of the molecule is COc1c2cc3ccccc3c1CSCc1cc3ccccc3c(c1OC)CSC2. The maximum Gasteiger partial charge on any atom is 0.127 e. The highest BCUT2D eigenvalue weighted by Gasteiger charge is 2.19. The van der Waals surface area contributed by atoms with Crippen molar-refractivity contribution >= 4 is 45.1 Å². The van der Waals surface area contributed by atoms with Crippen molar-refractivity contribution in [3.8, 4) is 11.5 Å². The molecule has 1 aliphatic rings. The molecule has 4 aromatic carbocycles. The number of ether oxygens (including phenoxy) is 2. The van der Waals surface area contributed by atoms with Gasteiger partial charge in [-0.2, -0.15) is 23.5 Å². The highest BCUT2D eigenvalue weighted by Crippen LogP contribution is 2.42. The van der Waals surface area contributed by atoms with Crippen LogP contribution in [0.5, 0.6) is 11.5 Å². The smallest absolute Gasteiger partial charge is 0.127 e. The van der Waals surface area contributed by atoms with Gasteiger partial charge in [-0.05, 0) is 33.7 Å². The van der Waals surface area contributed by atoms with E-state index >= 15 is 0 Å². The van der Waals surface area contributed by atoms with E-state index in [-0.39, 0.29) is 0 Å². The fraction of sp³-hybridized carbons (Fsp3) is 0.231. The van der Waals surface area contributed by atoms with Crippen LogP contribution in [0.25, 0.3) is 21.5 Å². The second-order valence-electron chi connectivity index (χ2n) is 7.52. The molecule has 0 aliphatic carbocycles. The Labute approximate surface area is 186 Å². The zero-order chi connectivity index (χ0) is 20.5. The highest BCUT2D eigenvalue weighted by molar-refractivity contribution is 7.98.